The minimum absolute atomic E-state index is 0.0524. The van der Waals surface area contributed by atoms with Gasteiger partial charge in [0.15, 0.2) is 0 Å². The molecule has 1 aliphatic heterocycles. The van der Waals surface area contributed by atoms with E-state index in [-0.39, 0.29) is 11.9 Å². The lowest BCUT2D eigenvalue weighted by molar-refractivity contribution is -0.117. The van der Waals surface area contributed by atoms with Crippen LogP contribution < -0.4 is 5.32 Å². The highest BCUT2D eigenvalue weighted by Crippen LogP contribution is 2.06. The number of likely N-dealkylation sites (tertiary alicyclic amines) is 1. The summed E-state index contributed by atoms with van der Waals surface area (Å²) in [5, 5.41) is 2.96. The van der Waals surface area contributed by atoms with E-state index in [0.29, 0.717) is 5.57 Å². The second-order valence-corrected chi connectivity index (χ2v) is 3.75. The van der Waals surface area contributed by atoms with Gasteiger partial charge in [0.05, 0.1) is 0 Å². The number of amides is 1. The molecule has 0 saturated carbocycles. The molecule has 0 aliphatic carbocycles. The maximum Gasteiger partial charge on any atom is 0.250 e. The molecule has 1 unspecified atom stereocenters. The molecule has 14 heavy (non-hydrogen) atoms. The van der Waals surface area contributed by atoms with Gasteiger partial charge in [0.2, 0.25) is 0 Å². The quantitative estimate of drug-likeness (QED) is 0.535. The number of carbonyl (C=O) groups excluding carboxylic acids is 1. The molecule has 1 aliphatic rings. The van der Waals surface area contributed by atoms with Crippen molar-refractivity contribution in [2.45, 2.75) is 19.4 Å². The second-order valence-electron chi connectivity index (χ2n) is 3.75. The molecule has 1 N–H and O–H groups in total. The molecule has 3 heteroatoms. The fourth-order valence-electron chi connectivity index (χ4n) is 1.61. The largest absolute Gasteiger partial charge is 0.348 e. The Morgan fingerprint density at radius 2 is 2.36 bits per heavy atom. The predicted molar refractivity (Wildman–Crippen MR) is 58.0 cm³/mol. The van der Waals surface area contributed by atoms with Gasteiger partial charge in [-0.05, 0) is 26.9 Å². The monoisotopic (exact) mass is 194 g/mol. The standard InChI is InChI=1S/C11H18N2O/c1-4-5-9(2)11(14)12-10-6-7-13(3)8-10/h4-5,10H,2,6-8H2,1,3H3,(H,12,14)/b5-4-. The summed E-state index contributed by atoms with van der Waals surface area (Å²) in [6.07, 6.45) is 4.59. The van der Waals surface area contributed by atoms with E-state index in [1.807, 2.05) is 13.0 Å². The smallest absolute Gasteiger partial charge is 0.250 e. The van der Waals surface area contributed by atoms with Crippen molar-refractivity contribution in [1.82, 2.24) is 10.2 Å². The Labute approximate surface area is 85.5 Å². The zero-order valence-electron chi connectivity index (χ0n) is 8.92. The van der Waals surface area contributed by atoms with Crippen LogP contribution in [-0.2, 0) is 4.79 Å². The number of likely N-dealkylation sites (N-methyl/N-ethyl adjacent to an activating group) is 1. The number of rotatable bonds is 3. The van der Waals surface area contributed by atoms with Crippen LogP contribution in [0.2, 0.25) is 0 Å². The average Bonchev–Trinajstić information content (AvgIpc) is 2.51. The van der Waals surface area contributed by atoms with Crippen LogP contribution in [-0.4, -0.2) is 37.0 Å². The van der Waals surface area contributed by atoms with Crippen molar-refractivity contribution in [2.24, 2.45) is 0 Å². The molecule has 1 atom stereocenters. The van der Waals surface area contributed by atoms with Gasteiger partial charge < -0.3 is 10.2 Å². The topological polar surface area (TPSA) is 32.3 Å². The summed E-state index contributed by atoms with van der Waals surface area (Å²) in [7, 11) is 2.06. The lowest BCUT2D eigenvalue weighted by atomic mass is 10.2. The molecule has 0 aromatic carbocycles. The predicted octanol–water partition coefficient (Wildman–Crippen LogP) is 0.939. The summed E-state index contributed by atoms with van der Waals surface area (Å²) >= 11 is 0. The second kappa shape index (κ2) is 4.96. The minimum Gasteiger partial charge on any atom is -0.348 e. The molecule has 3 nitrogen and oxygen atoms in total. The van der Waals surface area contributed by atoms with Crippen LogP contribution in [0.1, 0.15) is 13.3 Å². The lowest BCUT2D eigenvalue weighted by Crippen LogP contribution is -2.36. The van der Waals surface area contributed by atoms with Gasteiger partial charge in [-0.15, -0.1) is 0 Å². The van der Waals surface area contributed by atoms with Crippen LogP contribution in [0.3, 0.4) is 0 Å². The highest BCUT2D eigenvalue weighted by molar-refractivity contribution is 5.95. The van der Waals surface area contributed by atoms with E-state index in [1.54, 1.807) is 6.08 Å². The van der Waals surface area contributed by atoms with Gasteiger partial charge >= 0.3 is 0 Å². The van der Waals surface area contributed by atoms with E-state index < -0.39 is 0 Å². The molecule has 1 amide bonds. The van der Waals surface area contributed by atoms with Gasteiger partial charge in [-0.1, -0.05) is 18.7 Å². The number of hydrogen-bond acceptors (Lipinski definition) is 2. The fraction of sp³-hybridized carbons (Fsp3) is 0.545. The summed E-state index contributed by atoms with van der Waals surface area (Å²) < 4.78 is 0. The number of nitrogens with one attached hydrogen (secondary N) is 1. The third kappa shape index (κ3) is 3.00. The van der Waals surface area contributed by atoms with E-state index in [4.69, 9.17) is 0 Å². The Morgan fingerprint density at radius 3 is 2.86 bits per heavy atom. The van der Waals surface area contributed by atoms with Gasteiger partial charge in [0.1, 0.15) is 0 Å². The van der Waals surface area contributed by atoms with Gasteiger partial charge in [0, 0.05) is 18.2 Å². The van der Waals surface area contributed by atoms with Crippen molar-refractivity contribution in [3.05, 3.63) is 24.3 Å². The first-order valence-electron chi connectivity index (χ1n) is 4.94. The Bertz CT molecular complexity index is 258. The lowest BCUT2D eigenvalue weighted by Gasteiger charge is -2.12. The fourth-order valence-corrected chi connectivity index (χ4v) is 1.61. The molecule has 0 aromatic rings. The zero-order chi connectivity index (χ0) is 10.6. The van der Waals surface area contributed by atoms with E-state index in [9.17, 15) is 4.79 Å². The Kier molecular flexibility index (Phi) is 3.89. The first kappa shape index (κ1) is 11.0. The van der Waals surface area contributed by atoms with Crippen LogP contribution >= 0.6 is 0 Å². The molecule has 1 fully saturated rings. The maximum atomic E-state index is 11.5. The molecule has 0 bridgehead atoms. The molecule has 1 heterocycles. The third-order valence-corrected chi connectivity index (χ3v) is 2.39. The first-order chi connectivity index (χ1) is 6.63. The van der Waals surface area contributed by atoms with Gasteiger partial charge in [-0.2, -0.15) is 0 Å². The Morgan fingerprint density at radius 1 is 1.64 bits per heavy atom. The molecule has 0 aromatic heterocycles. The van der Waals surface area contributed by atoms with E-state index >= 15 is 0 Å². The van der Waals surface area contributed by atoms with Crippen molar-refractivity contribution in [2.75, 3.05) is 20.1 Å². The number of carbonyl (C=O) groups is 1. The van der Waals surface area contributed by atoms with Crippen molar-refractivity contribution in [3.8, 4) is 0 Å². The summed E-state index contributed by atoms with van der Waals surface area (Å²) in [5.41, 5.74) is 0.530. The highest BCUT2D eigenvalue weighted by atomic mass is 16.1. The minimum atomic E-state index is -0.0524. The number of nitrogens with zero attached hydrogens (tertiary/aromatic N) is 1. The molecule has 0 radical (unpaired) electrons. The summed E-state index contributed by atoms with van der Waals surface area (Å²) in [6, 6.07) is 0.287. The van der Waals surface area contributed by atoms with Crippen molar-refractivity contribution < 1.29 is 4.79 Å². The summed E-state index contributed by atoms with van der Waals surface area (Å²) in [6.45, 7) is 7.57. The van der Waals surface area contributed by atoms with Crippen LogP contribution in [0.4, 0.5) is 0 Å². The van der Waals surface area contributed by atoms with Gasteiger partial charge in [0.25, 0.3) is 5.91 Å². The van der Waals surface area contributed by atoms with E-state index in [2.05, 4.69) is 23.8 Å². The Balaban J connectivity index is 2.37. The normalized spacial score (nSPS) is 22.9. The molecule has 1 rings (SSSR count). The van der Waals surface area contributed by atoms with Gasteiger partial charge in [-0.3, -0.25) is 4.79 Å². The van der Waals surface area contributed by atoms with Crippen molar-refractivity contribution in [1.29, 1.82) is 0 Å². The Hall–Kier alpha value is -1.09. The molecular weight excluding hydrogens is 176 g/mol. The van der Waals surface area contributed by atoms with Gasteiger partial charge in [-0.25, -0.2) is 0 Å². The first-order valence-corrected chi connectivity index (χ1v) is 4.94. The zero-order valence-corrected chi connectivity index (χ0v) is 8.92. The van der Waals surface area contributed by atoms with Crippen molar-refractivity contribution in [3.63, 3.8) is 0 Å². The summed E-state index contributed by atoms with van der Waals surface area (Å²) in [5.74, 6) is -0.0524. The van der Waals surface area contributed by atoms with Crippen molar-refractivity contribution >= 4 is 5.91 Å². The van der Waals surface area contributed by atoms with E-state index in [1.165, 1.54) is 0 Å². The van der Waals surface area contributed by atoms with E-state index in [0.717, 1.165) is 19.5 Å². The molecule has 78 valence electrons. The number of hydrogen-bond donors (Lipinski definition) is 1. The third-order valence-electron chi connectivity index (χ3n) is 2.39. The number of allylic oxidation sites excluding steroid dienone is 1. The SMILES string of the molecule is C=C(/C=C\C)C(=O)NC1CCN(C)C1. The van der Waals surface area contributed by atoms with Crippen LogP contribution in [0.15, 0.2) is 24.3 Å². The summed E-state index contributed by atoms with van der Waals surface area (Å²) in [4.78, 5) is 13.7. The van der Waals surface area contributed by atoms with Crippen LogP contribution in [0.25, 0.3) is 0 Å². The highest BCUT2D eigenvalue weighted by Gasteiger charge is 2.21. The van der Waals surface area contributed by atoms with Crippen LogP contribution in [0.5, 0.6) is 0 Å². The molecule has 0 spiro atoms. The molecule has 1 saturated heterocycles. The maximum absolute atomic E-state index is 11.5. The average molecular weight is 194 g/mol. The van der Waals surface area contributed by atoms with Crippen LogP contribution in [0, 0.1) is 0 Å². The molecular formula is C11H18N2O.